The van der Waals surface area contributed by atoms with Crippen molar-refractivity contribution in [3.05, 3.63) is 53.1 Å². The van der Waals surface area contributed by atoms with Crippen LogP contribution in [0.1, 0.15) is 11.4 Å². The molecule has 15 heavy (non-hydrogen) atoms. The molecule has 3 nitrogen and oxygen atoms in total. The Morgan fingerprint density at radius 2 is 2.13 bits per heavy atom. The predicted molar refractivity (Wildman–Crippen MR) is 60.6 cm³/mol. The van der Waals surface area contributed by atoms with Crippen LogP contribution in [0.15, 0.2) is 36.7 Å². The third-order valence-electron chi connectivity index (χ3n) is 2.12. The number of hydrogen-bond donors (Lipinski definition) is 2. The molecule has 78 valence electrons. The van der Waals surface area contributed by atoms with Gasteiger partial charge in [0, 0.05) is 24.0 Å². The summed E-state index contributed by atoms with van der Waals surface area (Å²) in [5.74, 6) is 0.932. The van der Waals surface area contributed by atoms with Crippen molar-refractivity contribution in [2.24, 2.45) is 0 Å². The molecule has 0 atom stereocenters. The predicted octanol–water partition coefficient (Wildman–Crippen LogP) is 2.35. The second-order valence-electron chi connectivity index (χ2n) is 3.23. The minimum absolute atomic E-state index is 0.720. The first kappa shape index (κ1) is 10.2. The van der Waals surface area contributed by atoms with Crippen molar-refractivity contribution < 1.29 is 0 Å². The third-order valence-corrected chi connectivity index (χ3v) is 2.49. The van der Waals surface area contributed by atoms with Crippen LogP contribution >= 0.6 is 11.6 Å². The van der Waals surface area contributed by atoms with E-state index in [1.54, 1.807) is 6.20 Å². The number of halogens is 1. The molecule has 0 fully saturated rings. The Morgan fingerprint density at radius 3 is 2.87 bits per heavy atom. The van der Waals surface area contributed by atoms with Gasteiger partial charge in [0.25, 0.3) is 0 Å². The van der Waals surface area contributed by atoms with Gasteiger partial charge in [-0.05, 0) is 11.6 Å². The molecule has 1 aromatic heterocycles. The Hall–Kier alpha value is -1.32. The van der Waals surface area contributed by atoms with E-state index in [1.165, 1.54) is 0 Å². The standard InChI is InChI=1S/C11H12ClN3/c12-10-4-2-1-3-9(10)7-13-8-11-14-5-6-15-11/h1-6,13H,7-8H2,(H,14,15). The van der Waals surface area contributed by atoms with Crippen LogP contribution in [0.5, 0.6) is 0 Å². The van der Waals surface area contributed by atoms with Crippen LogP contribution < -0.4 is 5.32 Å². The number of nitrogens with zero attached hydrogens (tertiary/aromatic N) is 1. The van der Waals surface area contributed by atoms with E-state index in [4.69, 9.17) is 11.6 Å². The Morgan fingerprint density at radius 1 is 1.27 bits per heavy atom. The first-order valence-electron chi connectivity index (χ1n) is 4.78. The zero-order chi connectivity index (χ0) is 10.5. The van der Waals surface area contributed by atoms with Crippen LogP contribution in [0.2, 0.25) is 5.02 Å². The molecule has 1 aromatic carbocycles. The maximum Gasteiger partial charge on any atom is 0.120 e. The van der Waals surface area contributed by atoms with Gasteiger partial charge in [-0.2, -0.15) is 0 Å². The summed E-state index contributed by atoms with van der Waals surface area (Å²) in [6.45, 7) is 1.47. The Kier molecular flexibility index (Phi) is 3.37. The van der Waals surface area contributed by atoms with Gasteiger partial charge in [0.05, 0.1) is 6.54 Å². The molecule has 0 amide bonds. The van der Waals surface area contributed by atoms with E-state index < -0.39 is 0 Å². The maximum absolute atomic E-state index is 6.02. The molecule has 0 bridgehead atoms. The Labute approximate surface area is 93.5 Å². The van der Waals surface area contributed by atoms with Gasteiger partial charge in [0.1, 0.15) is 5.82 Å². The molecule has 0 saturated carbocycles. The zero-order valence-corrected chi connectivity index (χ0v) is 8.96. The number of hydrogen-bond acceptors (Lipinski definition) is 2. The van der Waals surface area contributed by atoms with Crippen LogP contribution in [-0.4, -0.2) is 9.97 Å². The van der Waals surface area contributed by atoms with Gasteiger partial charge in [-0.15, -0.1) is 0 Å². The topological polar surface area (TPSA) is 40.7 Å². The summed E-state index contributed by atoms with van der Waals surface area (Å²) in [4.78, 5) is 7.15. The Bertz CT molecular complexity index is 412. The molecule has 0 spiro atoms. The lowest BCUT2D eigenvalue weighted by molar-refractivity contribution is 0.669. The summed E-state index contributed by atoms with van der Waals surface area (Å²) in [5.41, 5.74) is 1.10. The van der Waals surface area contributed by atoms with Gasteiger partial charge in [0.15, 0.2) is 0 Å². The molecule has 2 aromatic rings. The molecule has 0 aliphatic carbocycles. The van der Waals surface area contributed by atoms with Gasteiger partial charge in [0.2, 0.25) is 0 Å². The normalized spacial score (nSPS) is 10.5. The molecule has 0 unspecified atom stereocenters. The second-order valence-corrected chi connectivity index (χ2v) is 3.64. The summed E-state index contributed by atoms with van der Waals surface area (Å²) in [5, 5.41) is 4.06. The van der Waals surface area contributed by atoms with Gasteiger partial charge < -0.3 is 10.3 Å². The summed E-state index contributed by atoms with van der Waals surface area (Å²) in [6.07, 6.45) is 3.55. The maximum atomic E-state index is 6.02. The Balaban J connectivity index is 1.86. The summed E-state index contributed by atoms with van der Waals surface area (Å²) in [6, 6.07) is 7.82. The summed E-state index contributed by atoms with van der Waals surface area (Å²) >= 11 is 6.02. The van der Waals surface area contributed by atoms with Crippen molar-refractivity contribution in [1.82, 2.24) is 15.3 Å². The van der Waals surface area contributed by atoms with Crippen LogP contribution in [0.4, 0.5) is 0 Å². The number of nitrogens with one attached hydrogen (secondary N) is 2. The minimum Gasteiger partial charge on any atom is -0.348 e. The van der Waals surface area contributed by atoms with E-state index in [2.05, 4.69) is 15.3 Å². The van der Waals surface area contributed by atoms with Crippen LogP contribution in [-0.2, 0) is 13.1 Å². The average Bonchev–Trinajstić information content (AvgIpc) is 2.74. The van der Waals surface area contributed by atoms with E-state index in [-0.39, 0.29) is 0 Å². The SMILES string of the molecule is Clc1ccccc1CNCc1ncc[nH]1. The number of imidazole rings is 1. The van der Waals surface area contributed by atoms with E-state index in [0.29, 0.717) is 0 Å². The highest BCUT2D eigenvalue weighted by atomic mass is 35.5. The zero-order valence-electron chi connectivity index (χ0n) is 8.20. The number of aromatic nitrogens is 2. The van der Waals surface area contributed by atoms with E-state index >= 15 is 0 Å². The van der Waals surface area contributed by atoms with Crippen molar-refractivity contribution >= 4 is 11.6 Å². The highest BCUT2D eigenvalue weighted by molar-refractivity contribution is 6.31. The monoisotopic (exact) mass is 221 g/mol. The van der Waals surface area contributed by atoms with E-state index in [1.807, 2.05) is 30.5 Å². The highest BCUT2D eigenvalue weighted by Crippen LogP contribution is 2.14. The first-order chi connectivity index (χ1) is 7.36. The molecule has 2 rings (SSSR count). The fraction of sp³-hybridized carbons (Fsp3) is 0.182. The molecular formula is C11H12ClN3. The molecule has 0 aliphatic heterocycles. The minimum atomic E-state index is 0.720. The average molecular weight is 222 g/mol. The number of rotatable bonds is 4. The molecule has 0 aliphatic rings. The van der Waals surface area contributed by atoms with Crippen molar-refractivity contribution in [3.63, 3.8) is 0 Å². The fourth-order valence-corrected chi connectivity index (χ4v) is 1.55. The number of aromatic amines is 1. The van der Waals surface area contributed by atoms with Crippen LogP contribution in [0.3, 0.4) is 0 Å². The molecule has 4 heteroatoms. The molecule has 0 saturated heterocycles. The summed E-state index contributed by atoms with van der Waals surface area (Å²) < 4.78 is 0. The quantitative estimate of drug-likeness (QED) is 0.832. The van der Waals surface area contributed by atoms with Crippen molar-refractivity contribution in [3.8, 4) is 0 Å². The van der Waals surface area contributed by atoms with Gasteiger partial charge in [-0.25, -0.2) is 4.98 Å². The molecule has 2 N–H and O–H groups in total. The molecular weight excluding hydrogens is 210 g/mol. The highest BCUT2D eigenvalue weighted by Gasteiger charge is 1.98. The lowest BCUT2D eigenvalue weighted by atomic mass is 10.2. The fourth-order valence-electron chi connectivity index (χ4n) is 1.35. The lowest BCUT2D eigenvalue weighted by Gasteiger charge is -2.04. The molecule has 1 heterocycles. The van der Waals surface area contributed by atoms with Crippen molar-refractivity contribution in [2.75, 3.05) is 0 Å². The van der Waals surface area contributed by atoms with Crippen LogP contribution in [0.25, 0.3) is 0 Å². The number of benzene rings is 1. The van der Waals surface area contributed by atoms with E-state index in [0.717, 1.165) is 29.5 Å². The van der Waals surface area contributed by atoms with Gasteiger partial charge in [-0.3, -0.25) is 0 Å². The van der Waals surface area contributed by atoms with Gasteiger partial charge in [-0.1, -0.05) is 29.8 Å². The lowest BCUT2D eigenvalue weighted by Crippen LogP contribution is -2.13. The van der Waals surface area contributed by atoms with Crippen molar-refractivity contribution in [2.45, 2.75) is 13.1 Å². The van der Waals surface area contributed by atoms with E-state index in [9.17, 15) is 0 Å². The first-order valence-corrected chi connectivity index (χ1v) is 5.16. The van der Waals surface area contributed by atoms with Gasteiger partial charge >= 0.3 is 0 Å². The third kappa shape index (κ3) is 2.81. The van der Waals surface area contributed by atoms with Crippen molar-refractivity contribution in [1.29, 1.82) is 0 Å². The smallest absolute Gasteiger partial charge is 0.120 e. The largest absolute Gasteiger partial charge is 0.348 e. The molecule has 0 radical (unpaired) electrons. The summed E-state index contributed by atoms with van der Waals surface area (Å²) in [7, 11) is 0. The van der Waals surface area contributed by atoms with Crippen LogP contribution in [0, 0.1) is 0 Å². The second kappa shape index (κ2) is 4.96. The number of H-pyrrole nitrogens is 1.